The molecule has 1 aliphatic heterocycles. The SMILES string of the molecule is C[C@]12CCC(=O)C=C1CC[C@@H]1[C@@H]2[C@@H](O)C[C@@]2(C)[C@H]1CC[C@]2(O)C(=O)COC(=O)CCC(=O)N1CCCC1C(=O)O. The molecule has 0 aromatic heterocycles. The minimum absolute atomic E-state index is 0.0156. The number of carbonyl (C=O) groups is 5. The van der Waals surface area contributed by atoms with Crippen LogP contribution in [0.3, 0.4) is 0 Å². The first-order valence-corrected chi connectivity index (χ1v) is 14.7. The fraction of sp³-hybridized carbons (Fsp3) is 0.767. The number of ether oxygens (including phenoxy) is 1. The van der Waals surface area contributed by atoms with Crippen molar-refractivity contribution in [3.8, 4) is 0 Å². The molecular weight excluding hydrogens is 518 g/mol. The molecule has 1 unspecified atom stereocenters. The number of amides is 1. The second-order valence-electron chi connectivity index (χ2n) is 13.1. The Bertz CT molecular complexity index is 1150. The zero-order valence-corrected chi connectivity index (χ0v) is 23.4. The van der Waals surface area contributed by atoms with Crippen LogP contribution in [0.4, 0.5) is 0 Å². The second-order valence-corrected chi connectivity index (χ2v) is 13.1. The van der Waals surface area contributed by atoms with Crippen molar-refractivity contribution in [3.63, 3.8) is 0 Å². The van der Waals surface area contributed by atoms with Crippen LogP contribution in [-0.2, 0) is 28.7 Å². The summed E-state index contributed by atoms with van der Waals surface area (Å²) in [6, 6.07) is -0.879. The first-order chi connectivity index (χ1) is 18.8. The third kappa shape index (κ3) is 4.51. The molecule has 0 bridgehead atoms. The van der Waals surface area contributed by atoms with Gasteiger partial charge in [-0.15, -0.1) is 0 Å². The summed E-state index contributed by atoms with van der Waals surface area (Å²) in [7, 11) is 0. The van der Waals surface area contributed by atoms with E-state index in [1.165, 1.54) is 4.90 Å². The van der Waals surface area contributed by atoms with Crippen molar-refractivity contribution in [2.75, 3.05) is 13.2 Å². The average Bonchev–Trinajstić information content (AvgIpc) is 3.50. The van der Waals surface area contributed by atoms with Crippen LogP contribution in [-0.4, -0.2) is 80.5 Å². The lowest BCUT2D eigenvalue weighted by atomic mass is 9.45. The van der Waals surface area contributed by atoms with E-state index in [1.54, 1.807) is 6.08 Å². The molecule has 10 nitrogen and oxygen atoms in total. The number of ketones is 2. The number of aliphatic hydroxyl groups is 2. The number of aliphatic carboxylic acids is 1. The van der Waals surface area contributed by atoms with Crippen LogP contribution in [0.25, 0.3) is 0 Å². The highest BCUT2D eigenvalue weighted by Crippen LogP contribution is 2.67. The van der Waals surface area contributed by atoms with Gasteiger partial charge in [0.25, 0.3) is 0 Å². The Morgan fingerprint density at radius 1 is 1.07 bits per heavy atom. The van der Waals surface area contributed by atoms with E-state index in [0.717, 1.165) is 18.4 Å². The van der Waals surface area contributed by atoms with E-state index in [2.05, 4.69) is 6.92 Å². The second kappa shape index (κ2) is 10.4. The maximum Gasteiger partial charge on any atom is 0.326 e. The Morgan fingerprint density at radius 3 is 2.55 bits per heavy atom. The molecule has 0 radical (unpaired) electrons. The molecule has 0 aromatic carbocycles. The predicted molar refractivity (Wildman–Crippen MR) is 141 cm³/mol. The Morgan fingerprint density at radius 2 is 1.82 bits per heavy atom. The van der Waals surface area contributed by atoms with E-state index < -0.39 is 53.4 Å². The lowest BCUT2D eigenvalue weighted by molar-refractivity contribution is -0.184. The van der Waals surface area contributed by atoms with Crippen LogP contribution in [0.1, 0.15) is 84.5 Å². The fourth-order valence-electron chi connectivity index (χ4n) is 9.16. The lowest BCUT2D eigenvalue weighted by Gasteiger charge is -2.60. The molecule has 220 valence electrons. The van der Waals surface area contributed by atoms with Crippen LogP contribution >= 0.6 is 0 Å². The molecule has 0 aromatic rings. The van der Waals surface area contributed by atoms with Gasteiger partial charge in [-0.1, -0.05) is 19.4 Å². The third-order valence-corrected chi connectivity index (χ3v) is 11.3. The number of hydrogen-bond donors (Lipinski definition) is 3. The quantitative estimate of drug-likeness (QED) is 0.398. The molecular formula is C30H41NO9. The minimum atomic E-state index is -1.75. The number of fused-ring (bicyclic) bond motifs is 5. The van der Waals surface area contributed by atoms with E-state index in [4.69, 9.17) is 4.74 Å². The molecule has 10 heteroatoms. The van der Waals surface area contributed by atoms with Crippen LogP contribution in [0.15, 0.2) is 11.6 Å². The van der Waals surface area contributed by atoms with Gasteiger partial charge < -0.3 is 25.0 Å². The fourth-order valence-corrected chi connectivity index (χ4v) is 9.16. The molecule has 1 saturated heterocycles. The third-order valence-electron chi connectivity index (χ3n) is 11.3. The number of likely N-dealkylation sites (tertiary alicyclic amines) is 1. The van der Waals surface area contributed by atoms with Crippen LogP contribution in [0, 0.1) is 28.6 Å². The first-order valence-electron chi connectivity index (χ1n) is 14.7. The number of esters is 1. The standard InChI is InChI=1S/C30H41NO9/c1-28-11-9-18(32)14-17(28)5-6-19-20-10-12-30(39,29(20,2)15-22(33)26(19)28)23(34)16-40-25(36)8-7-24(35)31-13-3-4-21(31)27(37)38/h14,19-22,26,33,39H,3-13,15-16H2,1-2H3,(H,37,38)/t19-,20-,21?,22-,26+,28-,29-,30-/m0/s1. The summed E-state index contributed by atoms with van der Waals surface area (Å²) in [5, 5.41) is 32.5. The van der Waals surface area contributed by atoms with Gasteiger partial charge >= 0.3 is 11.9 Å². The molecule has 3 N–H and O–H groups in total. The molecule has 0 spiro atoms. The Balaban J connectivity index is 1.21. The van der Waals surface area contributed by atoms with Gasteiger partial charge in [0.15, 0.2) is 12.4 Å². The molecule has 4 fully saturated rings. The molecule has 40 heavy (non-hydrogen) atoms. The number of hydrogen-bond acceptors (Lipinski definition) is 8. The zero-order valence-electron chi connectivity index (χ0n) is 23.4. The summed E-state index contributed by atoms with van der Waals surface area (Å²) in [5.41, 5.74) is -1.78. The topological polar surface area (TPSA) is 159 Å². The number of nitrogens with zero attached hydrogens (tertiary/aromatic N) is 1. The van der Waals surface area contributed by atoms with Gasteiger partial charge in [-0.2, -0.15) is 0 Å². The van der Waals surface area contributed by atoms with E-state index >= 15 is 0 Å². The van der Waals surface area contributed by atoms with Crippen LogP contribution < -0.4 is 0 Å². The van der Waals surface area contributed by atoms with E-state index in [9.17, 15) is 39.3 Å². The van der Waals surface area contributed by atoms with E-state index in [-0.39, 0.29) is 54.6 Å². The highest BCUT2D eigenvalue weighted by atomic mass is 16.5. The largest absolute Gasteiger partial charge is 0.480 e. The van der Waals surface area contributed by atoms with Gasteiger partial charge in [0.1, 0.15) is 11.6 Å². The highest BCUT2D eigenvalue weighted by Gasteiger charge is 2.68. The van der Waals surface area contributed by atoms with Crippen LogP contribution in [0.2, 0.25) is 0 Å². The van der Waals surface area contributed by atoms with Gasteiger partial charge in [0.2, 0.25) is 11.7 Å². The molecule has 1 amide bonds. The minimum Gasteiger partial charge on any atom is -0.480 e. The molecule has 8 atom stereocenters. The van der Waals surface area contributed by atoms with E-state index in [1.807, 2.05) is 6.92 Å². The highest BCUT2D eigenvalue weighted by molar-refractivity contribution is 5.92. The summed E-state index contributed by atoms with van der Waals surface area (Å²) < 4.78 is 5.19. The Kier molecular flexibility index (Phi) is 7.48. The van der Waals surface area contributed by atoms with Gasteiger partial charge in [-0.25, -0.2) is 4.79 Å². The average molecular weight is 560 g/mol. The normalized spacial score (nSPS) is 40.5. The Hall–Kier alpha value is -2.59. The number of carboxylic acids is 1. The number of allylic oxidation sites excluding steroid dienone is 1. The number of carboxylic acid groups (broad SMARTS) is 1. The summed E-state index contributed by atoms with van der Waals surface area (Å²) in [6.07, 6.45) is 5.35. The number of Topliss-reactive ketones (excluding diaryl/α,β-unsaturated/α-hetero) is 1. The maximum absolute atomic E-state index is 13.4. The zero-order chi connectivity index (χ0) is 29.0. The molecule has 5 rings (SSSR count). The van der Waals surface area contributed by atoms with Gasteiger partial charge in [-0.05, 0) is 80.6 Å². The van der Waals surface area contributed by atoms with Crippen molar-refractivity contribution in [2.45, 2.75) is 102 Å². The maximum atomic E-state index is 13.4. The summed E-state index contributed by atoms with van der Waals surface area (Å²) in [4.78, 5) is 62.9. The van der Waals surface area contributed by atoms with Crippen molar-refractivity contribution < 1.29 is 44.0 Å². The van der Waals surface area contributed by atoms with Crippen molar-refractivity contribution in [1.82, 2.24) is 4.90 Å². The Labute approximate surface area is 234 Å². The van der Waals surface area contributed by atoms with Crippen molar-refractivity contribution in [1.29, 1.82) is 0 Å². The smallest absolute Gasteiger partial charge is 0.326 e. The van der Waals surface area contributed by atoms with Gasteiger partial charge in [0, 0.05) is 24.8 Å². The predicted octanol–water partition coefficient (Wildman–Crippen LogP) is 2.19. The summed E-state index contributed by atoms with van der Waals surface area (Å²) >= 11 is 0. The monoisotopic (exact) mass is 559 g/mol. The van der Waals surface area contributed by atoms with Gasteiger partial charge in [-0.3, -0.25) is 19.2 Å². The van der Waals surface area contributed by atoms with Crippen molar-refractivity contribution in [2.24, 2.45) is 28.6 Å². The molecule has 1 heterocycles. The van der Waals surface area contributed by atoms with E-state index in [0.29, 0.717) is 38.6 Å². The van der Waals surface area contributed by atoms with Crippen molar-refractivity contribution >= 4 is 29.4 Å². The molecule has 4 aliphatic carbocycles. The van der Waals surface area contributed by atoms with Crippen molar-refractivity contribution in [3.05, 3.63) is 11.6 Å². The number of carbonyl (C=O) groups excluding carboxylic acids is 4. The molecule has 5 aliphatic rings. The lowest BCUT2D eigenvalue weighted by Crippen LogP contribution is -2.62. The summed E-state index contributed by atoms with van der Waals surface area (Å²) in [6.45, 7) is 3.73. The number of aliphatic hydroxyl groups excluding tert-OH is 1. The van der Waals surface area contributed by atoms with Gasteiger partial charge in [0.05, 0.1) is 12.5 Å². The molecule has 3 saturated carbocycles. The number of rotatable bonds is 7. The first kappa shape index (κ1) is 28.9. The van der Waals surface area contributed by atoms with Crippen LogP contribution in [0.5, 0.6) is 0 Å². The summed E-state index contributed by atoms with van der Waals surface area (Å²) in [5.74, 6) is -2.64.